The first-order chi connectivity index (χ1) is 16.5. The first kappa shape index (κ1) is 24.4. The molecule has 0 spiro atoms. The van der Waals surface area contributed by atoms with E-state index in [9.17, 15) is 22.8 Å². The molecule has 0 unspecified atom stereocenters. The number of carbonyl (C=O) groups is 3. The zero-order chi connectivity index (χ0) is 25.3. The number of barbiturate groups is 1. The Bertz CT molecular complexity index is 1500. The highest BCUT2D eigenvalue weighted by Crippen LogP contribution is 2.30. The number of imide groups is 2. The lowest BCUT2D eigenvalue weighted by Gasteiger charge is -2.26. The molecule has 178 valence electrons. The second kappa shape index (κ2) is 9.47. The minimum atomic E-state index is -4.07. The molecule has 1 aliphatic rings. The van der Waals surface area contributed by atoms with E-state index in [1.165, 1.54) is 36.4 Å². The molecule has 1 N–H and O–H groups in total. The van der Waals surface area contributed by atoms with Crippen LogP contribution in [0, 0.1) is 13.8 Å². The number of amides is 4. The molecular weight excluding hydrogens is 536 g/mol. The van der Waals surface area contributed by atoms with Crippen LogP contribution < -0.4 is 14.4 Å². The van der Waals surface area contributed by atoms with Crippen LogP contribution in [-0.2, 0) is 19.7 Å². The summed E-state index contributed by atoms with van der Waals surface area (Å²) in [4.78, 5) is 38.7. The van der Waals surface area contributed by atoms with E-state index in [-0.39, 0.29) is 20.7 Å². The van der Waals surface area contributed by atoms with Gasteiger partial charge in [-0.2, -0.15) is 8.42 Å². The van der Waals surface area contributed by atoms with Crippen molar-refractivity contribution >= 4 is 55.7 Å². The summed E-state index contributed by atoms with van der Waals surface area (Å²) >= 11 is 3.28. The molecule has 4 rings (SSSR count). The van der Waals surface area contributed by atoms with Crippen molar-refractivity contribution in [1.29, 1.82) is 0 Å². The molecule has 0 aliphatic carbocycles. The van der Waals surface area contributed by atoms with Gasteiger partial charge < -0.3 is 4.18 Å². The molecule has 35 heavy (non-hydrogen) atoms. The summed E-state index contributed by atoms with van der Waals surface area (Å²) in [6, 6.07) is 16.5. The van der Waals surface area contributed by atoms with Gasteiger partial charge in [-0.05, 0) is 83.4 Å². The molecule has 4 amide bonds. The van der Waals surface area contributed by atoms with Gasteiger partial charge in [0.2, 0.25) is 0 Å². The van der Waals surface area contributed by atoms with Crippen LogP contribution in [0.2, 0.25) is 0 Å². The van der Waals surface area contributed by atoms with Crippen molar-refractivity contribution in [2.45, 2.75) is 18.7 Å². The number of anilines is 1. The molecule has 3 aromatic carbocycles. The first-order valence-corrected chi connectivity index (χ1v) is 12.5. The van der Waals surface area contributed by atoms with Crippen LogP contribution in [-0.4, -0.2) is 26.3 Å². The Morgan fingerprint density at radius 1 is 0.914 bits per heavy atom. The Labute approximate surface area is 210 Å². The third kappa shape index (κ3) is 5.18. The molecule has 0 atom stereocenters. The van der Waals surface area contributed by atoms with E-state index in [2.05, 4.69) is 21.2 Å². The van der Waals surface area contributed by atoms with Crippen LogP contribution in [0.4, 0.5) is 10.5 Å². The van der Waals surface area contributed by atoms with Crippen molar-refractivity contribution in [1.82, 2.24) is 5.32 Å². The van der Waals surface area contributed by atoms with Crippen molar-refractivity contribution in [2.24, 2.45) is 0 Å². The molecule has 10 heteroatoms. The predicted molar refractivity (Wildman–Crippen MR) is 133 cm³/mol. The summed E-state index contributed by atoms with van der Waals surface area (Å²) in [5, 5.41) is 2.17. The molecular formula is C25H19BrN2O6S. The number of hydrogen-bond donors (Lipinski definition) is 1. The topological polar surface area (TPSA) is 110 Å². The highest BCUT2D eigenvalue weighted by molar-refractivity contribution is 9.10. The van der Waals surface area contributed by atoms with Crippen LogP contribution in [0.15, 0.2) is 81.7 Å². The summed E-state index contributed by atoms with van der Waals surface area (Å²) in [6.07, 6.45) is 1.32. The van der Waals surface area contributed by atoms with Crippen LogP contribution in [0.5, 0.6) is 5.75 Å². The zero-order valence-corrected chi connectivity index (χ0v) is 21.0. The second-order valence-electron chi connectivity index (χ2n) is 7.84. The van der Waals surface area contributed by atoms with Crippen LogP contribution in [0.3, 0.4) is 0 Å². The summed E-state index contributed by atoms with van der Waals surface area (Å²) in [6.45, 7) is 3.66. The second-order valence-corrected chi connectivity index (χ2v) is 10.2. The fourth-order valence-corrected chi connectivity index (χ4v) is 4.90. The van der Waals surface area contributed by atoms with E-state index in [0.29, 0.717) is 11.3 Å². The van der Waals surface area contributed by atoms with Crippen LogP contribution >= 0.6 is 15.9 Å². The Morgan fingerprint density at radius 3 is 2.29 bits per heavy atom. The van der Waals surface area contributed by atoms with Crippen molar-refractivity contribution in [3.8, 4) is 5.75 Å². The van der Waals surface area contributed by atoms with E-state index in [0.717, 1.165) is 16.0 Å². The number of carbonyl (C=O) groups excluding carboxylic acids is 3. The van der Waals surface area contributed by atoms with Gasteiger partial charge in [0, 0.05) is 0 Å². The molecule has 0 saturated carbocycles. The van der Waals surface area contributed by atoms with Gasteiger partial charge in [-0.25, -0.2) is 9.69 Å². The average Bonchev–Trinajstić information content (AvgIpc) is 2.78. The van der Waals surface area contributed by atoms with E-state index >= 15 is 0 Å². The molecule has 8 nitrogen and oxygen atoms in total. The summed E-state index contributed by atoms with van der Waals surface area (Å²) in [5.74, 6) is -1.58. The standard InChI is InChI=1S/C25H19BrN2O6S/c1-15-6-9-19(10-7-15)35(32,33)34-22-11-8-17(14-21(22)26)13-20-23(29)27-25(31)28(24(20)30)18-5-3-4-16(2)12-18/h3-14H,1-2H3,(H,27,29,31)/b20-13+. The summed E-state index contributed by atoms with van der Waals surface area (Å²) in [5.41, 5.74) is 2.24. The van der Waals surface area contributed by atoms with E-state index in [1.54, 1.807) is 30.3 Å². The highest BCUT2D eigenvalue weighted by Gasteiger charge is 2.36. The van der Waals surface area contributed by atoms with Gasteiger partial charge in [-0.3, -0.25) is 14.9 Å². The van der Waals surface area contributed by atoms with Crippen molar-refractivity contribution in [3.05, 3.63) is 93.5 Å². The number of nitrogens with zero attached hydrogens (tertiary/aromatic N) is 1. The van der Waals surface area contributed by atoms with E-state index in [4.69, 9.17) is 4.18 Å². The van der Waals surface area contributed by atoms with Gasteiger partial charge in [0.1, 0.15) is 10.5 Å². The third-order valence-electron chi connectivity index (χ3n) is 5.14. The average molecular weight is 555 g/mol. The van der Waals surface area contributed by atoms with Crippen LogP contribution in [0.25, 0.3) is 6.08 Å². The highest BCUT2D eigenvalue weighted by atomic mass is 79.9. The lowest BCUT2D eigenvalue weighted by Crippen LogP contribution is -2.54. The lowest BCUT2D eigenvalue weighted by atomic mass is 10.1. The zero-order valence-electron chi connectivity index (χ0n) is 18.6. The molecule has 1 heterocycles. The fourth-order valence-electron chi connectivity index (χ4n) is 3.37. The van der Waals surface area contributed by atoms with Gasteiger partial charge in [0.15, 0.2) is 5.75 Å². The number of urea groups is 1. The maximum Gasteiger partial charge on any atom is 0.339 e. The maximum absolute atomic E-state index is 13.0. The predicted octanol–water partition coefficient (Wildman–Crippen LogP) is 4.50. The normalized spacial score (nSPS) is 15.3. The molecule has 1 fully saturated rings. The lowest BCUT2D eigenvalue weighted by molar-refractivity contribution is -0.122. The Morgan fingerprint density at radius 2 is 1.63 bits per heavy atom. The Kier molecular flexibility index (Phi) is 6.60. The van der Waals surface area contributed by atoms with E-state index < -0.39 is 28.0 Å². The monoisotopic (exact) mass is 554 g/mol. The number of aryl methyl sites for hydroxylation is 2. The van der Waals surface area contributed by atoms with Gasteiger partial charge in [-0.1, -0.05) is 35.9 Å². The molecule has 0 bridgehead atoms. The quantitative estimate of drug-likeness (QED) is 0.282. The molecule has 0 radical (unpaired) electrons. The van der Waals surface area contributed by atoms with Crippen LogP contribution in [0.1, 0.15) is 16.7 Å². The minimum absolute atomic E-state index is 0.00609. The third-order valence-corrected chi connectivity index (χ3v) is 7.01. The maximum atomic E-state index is 13.0. The van der Waals surface area contributed by atoms with Gasteiger partial charge >= 0.3 is 16.1 Å². The first-order valence-electron chi connectivity index (χ1n) is 10.3. The van der Waals surface area contributed by atoms with Gasteiger partial charge in [0.25, 0.3) is 11.8 Å². The molecule has 3 aromatic rings. The fraction of sp³-hybridized carbons (Fsp3) is 0.0800. The molecule has 1 aliphatic heterocycles. The van der Waals surface area contributed by atoms with Crippen molar-refractivity contribution < 1.29 is 27.0 Å². The molecule has 1 saturated heterocycles. The number of hydrogen-bond acceptors (Lipinski definition) is 6. The number of rotatable bonds is 5. The number of benzene rings is 3. The van der Waals surface area contributed by atoms with Crippen molar-refractivity contribution in [2.75, 3.05) is 4.90 Å². The molecule has 0 aromatic heterocycles. The summed E-state index contributed by atoms with van der Waals surface area (Å²) in [7, 11) is -4.07. The SMILES string of the molecule is Cc1ccc(S(=O)(=O)Oc2ccc(/C=C3\C(=O)NC(=O)N(c4cccc(C)c4)C3=O)cc2Br)cc1. The Hall–Kier alpha value is -3.76. The van der Waals surface area contributed by atoms with Gasteiger partial charge in [-0.15, -0.1) is 0 Å². The summed E-state index contributed by atoms with van der Waals surface area (Å²) < 4.78 is 30.7. The van der Waals surface area contributed by atoms with Gasteiger partial charge in [0.05, 0.1) is 10.2 Å². The smallest absolute Gasteiger partial charge is 0.339 e. The largest absolute Gasteiger partial charge is 0.378 e. The Balaban J connectivity index is 1.62. The van der Waals surface area contributed by atoms with Crippen molar-refractivity contribution in [3.63, 3.8) is 0 Å². The number of halogens is 1. The minimum Gasteiger partial charge on any atom is -0.378 e. The van der Waals surface area contributed by atoms with E-state index in [1.807, 2.05) is 19.9 Å². The number of nitrogens with one attached hydrogen (secondary N) is 1.